The Bertz CT molecular complexity index is 348. The number of hydrogen-bond donors (Lipinski definition) is 1. The van der Waals surface area contributed by atoms with Crippen LogP contribution >= 0.6 is 0 Å². The third-order valence-corrected chi connectivity index (χ3v) is 1.92. The fourth-order valence-corrected chi connectivity index (χ4v) is 1.09. The van der Waals surface area contributed by atoms with Gasteiger partial charge in [0.15, 0.2) is 6.29 Å². The predicted molar refractivity (Wildman–Crippen MR) is 53.3 cm³/mol. The number of rotatable bonds is 4. The molecular weight excluding hydrogens is 196 g/mol. The van der Waals surface area contributed by atoms with Crippen LogP contribution in [0.3, 0.4) is 0 Å². The maximum Gasteiger partial charge on any atom is 0.323 e. The summed E-state index contributed by atoms with van der Waals surface area (Å²) in [4.78, 5) is 25.4. The lowest BCUT2D eigenvalue weighted by atomic mass is 10.1. The summed E-state index contributed by atoms with van der Waals surface area (Å²) in [6.07, 6.45) is 2.44. The average molecular weight is 208 g/mol. The van der Waals surface area contributed by atoms with Gasteiger partial charge >= 0.3 is 5.97 Å². The zero-order valence-corrected chi connectivity index (χ0v) is 8.34. The third kappa shape index (κ3) is 3.14. The van der Waals surface area contributed by atoms with Crippen molar-refractivity contribution in [3.8, 4) is 0 Å². The van der Waals surface area contributed by atoms with Crippen LogP contribution in [0.2, 0.25) is 0 Å². The van der Waals surface area contributed by atoms with Crippen molar-refractivity contribution in [3.63, 3.8) is 0 Å². The SMILES string of the molecule is COC(=O)[C@@H](N)Cc1ccc(C=O)cn1. The molecule has 1 rings (SSSR count). The lowest BCUT2D eigenvalue weighted by Gasteiger charge is -2.07. The second-order valence-electron chi connectivity index (χ2n) is 3.03. The van der Waals surface area contributed by atoms with Crippen LogP contribution in [0.4, 0.5) is 0 Å². The molecule has 1 aromatic rings. The van der Waals surface area contributed by atoms with Gasteiger partial charge in [0.05, 0.1) is 7.11 Å². The second kappa shape index (κ2) is 5.21. The van der Waals surface area contributed by atoms with E-state index in [0.717, 1.165) is 0 Å². The number of nitrogens with two attached hydrogens (primary N) is 1. The molecule has 15 heavy (non-hydrogen) atoms. The van der Waals surface area contributed by atoms with Gasteiger partial charge in [-0.25, -0.2) is 0 Å². The number of ether oxygens (including phenoxy) is 1. The first-order valence-corrected chi connectivity index (χ1v) is 4.41. The first-order chi connectivity index (χ1) is 7.17. The summed E-state index contributed by atoms with van der Waals surface area (Å²) >= 11 is 0. The van der Waals surface area contributed by atoms with E-state index in [4.69, 9.17) is 5.73 Å². The van der Waals surface area contributed by atoms with Gasteiger partial charge in [-0.2, -0.15) is 0 Å². The molecule has 1 heterocycles. The summed E-state index contributed by atoms with van der Waals surface area (Å²) in [5, 5.41) is 0. The number of hydrogen-bond acceptors (Lipinski definition) is 5. The smallest absolute Gasteiger partial charge is 0.323 e. The quantitative estimate of drug-likeness (QED) is 0.553. The van der Waals surface area contributed by atoms with Gasteiger partial charge in [0.2, 0.25) is 0 Å². The highest BCUT2D eigenvalue weighted by atomic mass is 16.5. The summed E-state index contributed by atoms with van der Waals surface area (Å²) < 4.78 is 4.48. The van der Waals surface area contributed by atoms with Crippen molar-refractivity contribution in [1.29, 1.82) is 0 Å². The van der Waals surface area contributed by atoms with Crippen LogP contribution in [0.1, 0.15) is 16.1 Å². The maximum absolute atomic E-state index is 11.0. The molecule has 0 spiro atoms. The monoisotopic (exact) mass is 208 g/mol. The fourth-order valence-electron chi connectivity index (χ4n) is 1.09. The molecular formula is C10H12N2O3. The number of pyridine rings is 1. The zero-order valence-electron chi connectivity index (χ0n) is 8.34. The number of esters is 1. The number of methoxy groups -OCH3 is 1. The van der Waals surface area contributed by atoms with Gasteiger partial charge in [-0.15, -0.1) is 0 Å². The zero-order chi connectivity index (χ0) is 11.3. The van der Waals surface area contributed by atoms with Crippen molar-refractivity contribution in [2.45, 2.75) is 12.5 Å². The van der Waals surface area contributed by atoms with Crippen LogP contribution in [0, 0.1) is 0 Å². The van der Waals surface area contributed by atoms with Crippen molar-refractivity contribution in [2.75, 3.05) is 7.11 Å². The second-order valence-corrected chi connectivity index (χ2v) is 3.03. The summed E-state index contributed by atoms with van der Waals surface area (Å²) in [5.41, 5.74) is 6.69. The molecule has 1 atom stereocenters. The minimum Gasteiger partial charge on any atom is -0.468 e. The van der Waals surface area contributed by atoms with E-state index in [1.165, 1.54) is 13.3 Å². The average Bonchev–Trinajstić information content (AvgIpc) is 2.29. The van der Waals surface area contributed by atoms with Crippen LogP contribution in [-0.2, 0) is 16.0 Å². The van der Waals surface area contributed by atoms with Gasteiger partial charge in [0.25, 0.3) is 0 Å². The minimum absolute atomic E-state index is 0.297. The van der Waals surface area contributed by atoms with Crippen LogP contribution in [0.5, 0.6) is 0 Å². The Morgan fingerprint density at radius 2 is 2.40 bits per heavy atom. The number of aromatic nitrogens is 1. The molecule has 0 aliphatic rings. The van der Waals surface area contributed by atoms with Crippen molar-refractivity contribution in [1.82, 2.24) is 4.98 Å². The molecule has 0 aliphatic heterocycles. The standard InChI is InChI=1S/C10H12N2O3/c1-15-10(14)9(11)4-8-3-2-7(6-13)5-12-8/h2-3,5-6,9H,4,11H2,1H3/t9-/m0/s1. The number of carbonyl (C=O) groups is 2. The largest absolute Gasteiger partial charge is 0.468 e. The summed E-state index contributed by atoms with van der Waals surface area (Å²) in [7, 11) is 1.28. The van der Waals surface area contributed by atoms with E-state index in [-0.39, 0.29) is 0 Å². The van der Waals surface area contributed by atoms with E-state index in [1.54, 1.807) is 12.1 Å². The highest BCUT2D eigenvalue weighted by Gasteiger charge is 2.14. The van der Waals surface area contributed by atoms with Crippen molar-refractivity contribution in [3.05, 3.63) is 29.6 Å². The molecule has 0 unspecified atom stereocenters. The molecule has 1 aromatic heterocycles. The van der Waals surface area contributed by atoms with E-state index < -0.39 is 12.0 Å². The molecule has 5 heteroatoms. The highest BCUT2D eigenvalue weighted by molar-refractivity contribution is 5.76. The number of carbonyl (C=O) groups excluding carboxylic acids is 2. The summed E-state index contributed by atoms with van der Waals surface area (Å²) in [5.74, 6) is -0.476. The Balaban J connectivity index is 2.64. The Morgan fingerprint density at radius 3 is 2.87 bits per heavy atom. The molecule has 0 amide bonds. The van der Waals surface area contributed by atoms with Crippen molar-refractivity contribution < 1.29 is 14.3 Å². The van der Waals surface area contributed by atoms with Gasteiger partial charge in [-0.1, -0.05) is 0 Å². The molecule has 0 saturated carbocycles. The molecule has 0 fully saturated rings. The highest BCUT2D eigenvalue weighted by Crippen LogP contribution is 2.01. The van der Waals surface area contributed by atoms with Gasteiger partial charge in [-0.05, 0) is 12.1 Å². The Morgan fingerprint density at radius 1 is 1.67 bits per heavy atom. The first kappa shape index (κ1) is 11.3. The van der Waals surface area contributed by atoms with E-state index in [9.17, 15) is 9.59 Å². The van der Waals surface area contributed by atoms with E-state index in [0.29, 0.717) is 24.0 Å². The number of aldehydes is 1. The molecule has 0 aliphatic carbocycles. The topological polar surface area (TPSA) is 82.3 Å². The molecule has 0 bridgehead atoms. The Hall–Kier alpha value is -1.75. The maximum atomic E-state index is 11.0. The Kier molecular flexibility index (Phi) is 3.93. The molecule has 2 N–H and O–H groups in total. The van der Waals surface area contributed by atoms with Crippen LogP contribution < -0.4 is 5.73 Å². The van der Waals surface area contributed by atoms with Crippen LogP contribution in [-0.4, -0.2) is 30.4 Å². The predicted octanol–water partition coefficient (Wildman–Crippen LogP) is -0.0631. The van der Waals surface area contributed by atoms with Crippen molar-refractivity contribution >= 4 is 12.3 Å². The van der Waals surface area contributed by atoms with Gasteiger partial charge < -0.3 is 10.5 Å². The minimum atomic E-state index is -0.718. The molecule has 80 valence electrons. The van der Waals surface area contributed by atoms with Gasteiger partial charge in [0.1, 0.15) is 6.04 Å². The lowest BCUT2D eigenvalue weighted by Crippen LogP contribution is -2.33. The van der Waals surface area contributed by atoms with Crippen molar-refractivity contribution in [2.24, 2.45) is 5.73 Å². The molecule has 0 radical (unpaired) electrons. The third-order valence-electron chi connectivity index (χ3n) is 1.92. The summed E-state index contributed by atoms with van der Waals surface area (Å²) in [6.45, 7) is 0. The summed E-state index contributed by atoms with van der Waals surface area (Å²) in [6, 6.07) is 2.57. The lowest BCUT2D eigenvalue weighted by molar-refractivity contribution is -0.142. The first-order valence-electron chi connectivity index (χ1n) is 4.41. The normalized spacial score (nSPS) is 11.9. The van der Waals surface area contributed by atoms with Gasteiger partial charge in [0, 0.05) is 23.9 Å². The Labute approximate surface area is 87.3 Å². The molecule has 5 nitrogen and oxygen atoms in total. The van der Waals surface area contributed by atoms with Crippen LogP contribution in [0.25, 0.3) is 0 Å². The fraction of sp³-hybridized carbons (Fsp3) is 0.300. The van der Waals surface area contributed by atoms with E-state index in [1.807, 2.05) is 0 Å². The number of nitrogens with zero attached hydrogens (tertiary/aromatic N) is 1. The van der Waals surface area contributed by atoms with Crippen LogP contribution in [0.15, 0.2) is 18.3 Å². The molecule has 0 saturated heterocycles. The van der Waals surface area contributed by atoms with E-state index in [2.05, 4.69) is 9.72 Å². The van der Waals surface area contributed by atoms with Gasteiger partial charge in [-0.3, -0.25) is 14.6 Å². The molecule has 0 aromatic carbocycles. The van der Waals surface area contributed by atoms with E-state index >= 15 is 0 Å².